The van der Waals surface area contributed by atoms with E-state index in [1.165, 1.54) is 0 Å². The van der Waals surface area contributed by atoms with E-state index < -0.39 is 14.3 Å². The minimum atomic E-state index is -1.64. The fourth-order valence-electron chi connectivity index (χ4n) is 1.55. The van der Waals surface area contributed by atoms with Gasteiger partial charge in [0.15, 0.2) is 8.32 Å². The van der Waals surface area contributed by atoms with Crippen molar-refractivity contribution in [1.29, 1.82) is 0 Å². The predicted octanol–water partition coefficient (Wildman–Crippen LogP) is 3.12. The van der Waals surface area contributed by atoms with E-state index in [0.717, 1.165) is 19.4 Å². The highest BCUT2D eigenvalue weighted by atomic mass is 28.4. The van der Waals surface area contributed by atoms with Crippen LogP contribution in [0.1, 0.15) is 33.6 Å². The smallest absolute Gasteiger partial charge is 0.306 e. The summed E-state index contributed by atoms with van der Waals surface area (Å²) in [6.07, 6.45) is 1.75. The second-order valence-corrected chi connectivity index (χ2v) is 11.1. The molecule has 16 heavy (non-hydrogen) atoms. The summed E-state index contributed by atoms with van der Waals surface area (Å²) < 4.78 is 6.02. The van der Waals surface area contributed by atoms with Gasteiger partial charge in [-0.1, -0.05) is 20.8 Å². The van der Waals surface area contributed by atoms with Crippen molar-refractivity contribution in [1.82, 2.24) is 0 Å². The second-order valence-electron chi connectivity index (χ2n) is 6.34. The maximum absolute atomic E-state index is 10.7. The molecule has 1 N–H and O–H groups in total. The molecule has 0 aromatic carbocycles. The fraction of sp³-hybridized carbons (Fsp3) is 0.917. The summed E-state index contributed by atoms with van der Waals surface area (Å²) in [4.78, 5) is 10.7. The van der Waals surface area contributed by atoms with Gasteiger partial charge in [0.25, 0.3) is 0 Å². The van der Waals surface area contributed by atoms with Gasteiger partial charge < -0.3 is 9.53 Å². The van der Waals surface area contributed by atoms with Crippen molar-refractivity contribution in [3.05, 3.63) is 0 Å². The van der Waals surface area contributed by atoms with Gasteiger partial charge in [-0.15, -0.1) is 0 Å². The largest absolute Gasteiger partial charge is 0.481 e. The molecule has 3 nitrogen and oxygen atoms in total. The van der Waals surface area contributed by atoms with E-state index in [9.17, 15) is 4.79 Å². The highest BCUT2D eigenvalue weighted by Gasteiger charge is 2.43. The Balaban J connectivity index is 2.24. The third kappa shape index (κ3) is 3.32. The number of hydrogen-bond donors (Lipinski definition) is 1. The predicted molar refractivity (Wildman–Crippen MR) is 67.0 cm³/mol. The number of aliphatic carboxylic acids is 1. The van der Waals surface area contributed by atoms with Crippen LogP contribution in [0.4, 0.5) is 0 Å². The summed E-state index contributed by atoms with van der Waals surface area (Å²) >= 11 is 0. The van der Waals surface area contributed by atoms with Crippen LogP contribution in [0.5, 0.6) is 0 Å². The van der Waals surface area contributed by atoms with E-state index in [-0.39, 0.29) is 11.0 Å². The Kier molecular flexibility index (Phi) is 3.85. The number of carboxylic acids is 1. The number of rotatable bonds is 5. The monoisotopic (exact) mass is 244 g/mol. The summed E-state index contributed by atoms with van der Waals surface area (Å²) in [5, 5.41) is 9.02. The normalized spacial score (nSPS) is 25.6. The molecule has 1 rings (SSSR count). The lowest BCUT2D eigenvalue weighted by atomic mass is 10.2. The van der Waals surface area contributed by atoms with Gasteiger partial charge in [-0.25, -0.2) is 0 Å². The molecule has 0 saturated heterocycles. The molecule has 1 aliphatic carbocycles. The van der Waals surface area contributed by atoms with Crippen LogP contribution >= 0.6 is 0 Å². The first-order valence-electron chi connectivity index (χ1n) is 6.02. The van der Waals surface area contributed by atoms with E-state index >= 15 is 0 Å². The lowest BCUT2D eigenvalue weighted by Crippen LogP contribution is -2.41. The van der Waals surface area contributed by atoms with Crippen LogP contribution in [0.15, 0.2) is 0 Å². The first kappa shape index (κ1) is 13.7. The average molecular weight is 244 g/mol. The van der Waals surface area contributed by atoms with Crippen LogP contribution in [0, 0.1) is 11.8 Å². The number of carbonyl (C=O) groups is 1. The van der Waals surface area contributed by atoms with Gasteiger partial charge in [0, 0.05) is 6.61 Å². The van der Waals surface area contributed by atoms with Crippen molar-refractivity contribution < 1.29 is 14.3 Å². The molecule has 0 radical (unpaired) electrons. The van der Waals surface area contributed by atoms with Crippen molar-refractivity contribution in [3.8, 4) is 0 Å². The van der Waals surface area contributed by atoms with Gasteiger partial charge in [0.1, 0.15) is 0 Å². The highest BCUT2D eigenvalue weighted by Crippen LogP contribution is 2.42. The second kappa shape index (κ2) is 4.49. The quantitative estimate of drug-likeness (QED) is 0.756. The maximum Gasteiger partial charge on any atom is 0.306 e. The first-order chi connectivity index (χ1) is 7.15. The summed E-state index contributed by atoms with van der Waals surface area (Å²) in [6.45, 7) is 11.8. The summed E-state index contributed by atoms with van der Waals surface area (Å²) in [6, 6.07) is 0. The molecule has 0 unspecified atom stereocenters. The molecule has 0 spiro atoms. The Morgan fingerprint density at radius 3 is 2.38 bits per heavy atom. The summed E-state index contributed by atoms with van der Waals surface area (Å²) in [7, 11) is -1.64. The Morgan fingerprint density at radius 2 is 2.00 bits per heavy atom. The van der Waals surface area contributed by atoms with Crippen molar-refractivity contribution >= 4 is 14.3 Å². The first-order valence-corrected chi connectivity index (χ1v) is 8.93. The molecule has 1 aliphatic rings. The van der Waals surface area contributed by atoms with Crippen LogP contribution in [-0.2, 0) is 9.22 Å². The van der Waals surface area contributed by atoms with E-state index in [0.29, 0.717) is 5.92 Å². The van der Waals surface area contributed by atoms with Crippen molar-refractivity contribution in [2.45, 2.75) is 51.7 Å². The molecule has 0 amide bonds. The number of hydrogen-bond acceptors (Lipinski definition) is 2. The van der Waals surface area contributed by atoms with Gasteiger partial charge >= 0.3 is 5.97 Å². The number of carboxylic acid groups (broad SMARTS) is 1. The molecule has 0 aromatic heterocycles. The van der Waals surface area contributed by atoms with Crippen LogP contribution in [0.25, 0.3) is 0 Å². The Morgan fingerprint density at radius 1 is 1.44 bits per heavy atom. The molecule has 0 aromatic rings. The molecular formula is C12H24O3Si. The van der Waals surface area contributed by atoms with Crippen molar-refractivity contribution in [3.63, 3.8) is 0 Å². The molecule has 0 heterocycles. The van der Waals surface area contributed by atoms with Crippen LogP contribution < -0.4 is 0 Å². The molecule has 4 heteroatoms. The summed E-state index contributed by atoms with van der Waals surface area (Å²) in [5.41, 5.74) is 0. The lowest BCUT2D eigenvalue weighted by Gasteiger charge is -2.36. The summed E-state index contributed by atoms with van der Waals surface area (Å²) in [5.74, 6) is -0.373. The van der Waals surface area contributed by atoms with Crippen LogP contribution in [0.3, 0.4) is 0 Å². The zero-order chi connectivity index (χ0) is 12.6. The minimum Gasteiger partial charge on any atom is -0.481 e. The zero-order valence-corrected chi connectivity index (χ0v) is 12.0. The van der Waals surface area contributed by atoms with Crippen molar-refractivity contribution in [2.75, 3.05) is 6.61 Å². The molecule has 0 bridgehead atoms. The van der Waals surface area contributed by atoms with E-state index in [4.69, 9.17) is 9.53 Å². The van der Waals surface area contributed by atoms with E-state index in [2.05, 4.69) is 33.9 Å². The van der Waals surface area contributed by atoms with Crippen molar-refractivity contribution in [2.24, 2.45) is 11.8 Å². The SMILES string of the molecule is CC(C)(C)[Si](C)(C)OCC[C@H]1C[C@@H]1C(=O)O. The van der Waals surface area contributed by atoms with E-state index in [1.807, 2.05) is 0 Å². The Bertz CT molecular complexity index is 268. The Labute approximate surface area is 99.3 Å². The highest BCUT2D eigenvalue weighted by molar-refractivity contribution is 6.74. The van der Waals surface area contributed by atoms with Gasteiger partial charge in [-0.2, -0.15) is 0 Å². The fourth-order valence-corrected chi connectivity index (χ4v) is 2.61. The van der Waals surface area contributed by atoms with Gasteiger partial charge in [0.2, 0.25) is 0 Å². The standard InChI is InChI=1S/C12H24O3Si/c1-12(2,3)16(4,5)15-7-6-9-8-10(9)11(13)14/h9-10H,6-8H2,1-5H3,(H,13,14)/t9-,10-/m0/s1. The average Bonchev–Trinajstić information content (AvgIpc) is 2.81. The van der Waals surface area contributed by atoms with Crippen LogP contribution in [-0.4, -0.2) is 26.0 Å². The zero-order valence-electron chi connectivity index (χ0n) is 11.0. The third-order valence-electron chi connectivity index (χ3n) is 4.00. The maximum atomic E-state index is 10.7. The lowest BCUT2D eigenvalue weighted by molar-refractivity contribution is -0.138. The van der Waals surface area contributed by atoms with E-state index in [1.54, 1.807) is 0 Å². The molecule has 1 saturated carbocycles. The van der Waals surface area contributed by atoms with Crippen LogP contribution in [0.2, 0.25) is 18.1 Å². The minimum absolute atomic E-state index is 0.0944. The molecule has 0 aliphatic heterocycles. The van der Waals surface area contributed by atoms with Gasteiger partial charge in [-0.05, 0) is 36.9 Å². The molecule has 94 valence electrons. The molecule has 1 fully saturated rings. The Hall–Kier alpha value is -0.353. The van der Waals surface area contributed by atoms with Gasteiger partial charge in [-0.3, -0.25) is 4.79 Å². The van der Waals surface area contributed by atoms with Gasteiger partial charge in [0.05, 0.1) is 5.92 Å². The molecular weight excluding hydrogens is 220 g/mol. The topological polar surface area (TPSA) is 46.5 Å². The third-order valence-corrected chi connectivity index (χ3v) is 8.54. The molecule has 2 atom stereocenters.